The molecule has 0 spiro atoms. The Morgan fingerprint density at radius 2 is 1.94 bits per heavy atom. The molecule has 0 amide bonds. The predicted molar refractivity (Wildman–Crippen MR) is 56.4 cm³/mol. The van der Waals surface area contributed by atoms with Crippen molar-refractivity contribution in [2.24, 2.45) is 0 Å². The molecule has 0 N–H and O–H groups in total. The number of esters is 1. The highest BCUT2D eigenvalue weighted by Gasteiger charge is 2.31. The van der Waals surface area contributed by atoms with Crippen molar-refractivity contribution in [3.8, 4) is 0 Å². The van der Waals surface area contributed by atoms with Crippen LogP contribution in [0.1, 0.15) is 24.5 Å². The van der Waals surface area contributed by atoms with Gasteiger partial charge in [0.05, 0.1) is 12.2 Å². The van der Waals surface area contributed by atoms with E-state index in [1.807, 2.05) is 0 Å². The third-order valence-electron chi connectivity index (χ3n) is 2.21. The quantitative estimate of drug-likeness (QED) is 0.616. The largest absolute Gasteiger partial charge is 0.466 e. The van der Waals surface area contributed by atoms with E-state index in [1.54, 1.807) is 6.92 Å². The summed E-state index contributed by atoms with van der Waals surface area (Å²) in [5.41, 5.74) is -0.934. The smallest absolute Gasteiger partial charge is 0.416 e. The van der Waals surface area contributed by atoms with E-state index in [2.05, 4.69) is 4.74 Å². The van der Waals surface area contributed by atoms with Gasteiger partial charge in [-0.25, -0.2) is 4.39 Å². The lowest BCUT2D eigenvalue weighted by Crippen LogP contribution is -2.08. The molecule has 18 heavy (non-hydrogen) atoms. The van der Waals surface area contributed by atoms with Gasteiger partial charge in [-0.15, -0.1) is 0 Å². The number of hydrogen-bond donors (Lipinski definition) is 0. The molecule has 0 aliphatic rings. The first kappa shape index (κ1) is 14.5. The van der Waals surface area contributed by atoms with Crippen molar-refractivity contribution in [3.63, 3.8) is 0 Å². The molecule has 0 fully saturated rings. The van der Waals surface area contributed by atoms with Crippen molar-refractivity contribution in [2.45, 2.75) is 25.9 Å². The van der Waals surface area contributed by atoms with Crippen LogP contribution in [0.4, 0.5) is 17.6 Å². The fraction of sp³-hybridized carbons (Fsp3) is 0.417. The molecule has 6 heteroatoms. The molecule has 0 heterocycles. The first-order chi connectivity index (χ1) is 8.32. The summed E-state index contributed by atoms with van der Waals surface area (Å²) in [7, 11) is 0. The van der Waals surface area contributed by atoms with Gasteiger partial charge in [0.1, 0.15) is 5.82 Å². The van der Waals surface area contributed by atoms with Crippen LogP contribution in [-0.4, -0.2) is 12.6 Å². The van der Waals surface area contributed by atoms with Crippen LogP contribution in [0.2, 0.25) is 0 Å². The minimum absolute atomic E-state index is 0.0136. The molecular weight excluding hydrogens is 252 g/mol. The van der Waals surface area contributed by atoms with Gasteiger partial charge in [0, 0.05) is 6.42 Å². The number of hydrogen-bond acceptors (Lipinski definition) is 2. The SMILES string of the molecule is CCOC(=O)CCc1cc(F)cc(C(F)(F)F)c1. The number of aryl methyl sites for hydroxylation is 1. The summed E-state index contributed by atoms with van der Waals surface area (Å²) >= 11 is 0. The van der Waals surface area contributed by atoms with E-state index < -0.39 is 23.5 Å². The van der Waals surface area contributed by atoms with Crippen LogP contribution in [-0.2, 0) is 22.1 Å². The highest BCUT2D eigenvalue weighted by molar-refractivity contribution is 5.69. The van der Waals surface area contributed by atoms with Gasteiger partial charge in [-0.05, 0) is 37.1 Å². The van der Waals surface area contributed by atoms with Crippen molar-refractivity contribution in [3.05, 3.63) is 35.1 Å². The minimum atomic E-state index is -4.60. The lowest BCUT2D eigenvalue weighted by molar-refractivity contribution is -0.143. The molecule has 0 unspecified atom stereocenters. The fourth-order valence-corrected chi connectivity index (χ4v) is 1.44. The molecule has 0 aromatic heterocycles. The van der Waals surface area contributed by atoms with Gasteiger partial charge < -0.3 is 4.74 Å². The third-order valence-corrected chi connectivity index (χ3v) is 2.21. The zero-order valence-corrected chi connectivity index (χ0v) is 9.68. The first-order valence-corrected chi connectivity index (χ1v) is 5.35. The maximum absolute atomic E-state index is 13.0. The highest BCUT2D eigenvalue weighted by Crippen LogP contribution is 2.30. The second kappa shape index (κ2) is 5.84. The van der Waals surface area contributed by atoms with Crippen molar-refractivity contribution in [1.29, 1.82) is 0 Å². The van der Waals surface area contributed by atoms with Gasteiger partial charge in [-0.2, -0.15) is 13.2 Å². The summed E-state index contributed by atoms with van der Waals surface area (Å²) in [5.74, 6) is -1.49. The molecular formula is C12H12F4O2. The Labute approximate surface area is 102 Å². The van der Waals surface area contributed by atoms with Gasteiger partial charge in [-0.1, -0.05) is 0 Å². The number of halogens is 4. The minimum Gasteiger partial charge on any atom is -0.466 e. The van der Waals surface area contributed by atoms with E-state index in [0.29, 0.717) is 6.07 Å². The first-order valence-electron chi connectivity index (χ1n) is 5.35. The zero-order valence-electron chi connectivity index (χ0n) is 9.68. The van der Waals surface area contributed by atoms with E-state index >= 15 is 0 Å². The molecule has 0 saturated carbocycles. The average Bonchev–Trinajstić information content (AvgIpc) is 2.25. The topological polar surface area (TPSA) is 26.3 Å². The normalized spacial score (nSPS) is 11.4. The summed E-state index contributed by atoms with van der Waals surface area (Å²) in [6, 6.07) is 2.24. The van der Waals surface area contributed by atoms with E-state index in [4.69, 9.17) is 0 Å². The number of rotatable bonds is 4. The number of carbonyl (C=O) groups excluding carboxylic acids is 1. The van der Waals surface area contributed by atoms with E-state index in [9.17, 15) is 22.4 Å². The monoisotopic (exact) mass is 264 g/mol. The standard InChI is InChI=1S/C12H12F4O2/c1-2-18-11(17)4-3-8-5-9(12(14,15)16)7-10(13)6-8/h5-7H,2-4H2,1H3. The maximum Gasteiger partial charge on any atom is 0.416 e. The van der Waals surface area contributed by atoms with Gasteiger partial charge in [0.25, 0.3) is 0 Å². The third kappa shape index (κ3) is 4.35. The lowest BCUT2D eigenvalue weighted by atomic mass is 10.1. The van der Waals surface area contributed by atoms with Gasteiger partial charge in [-0.3, -0.25) is 4.79 Å². The Morgan fingerprint density at radius 3 is 2.50 bits per heavy atom. The number of benzene rings is 1. The second-order valence-corrected chi connectivity index (χ2v) is 3.65. The Kier molecular flexibility index (Phi) is 4.69. The van der Waals surface area contributed by atoms with E-state index in [0.717, 1.165) is 12.1 Å². The Bertz CT molecular complexity index is 427. The molecule has 2 nitrogen and oxygen atoms in total. The molecule has 0 aliphatic heterocycles. The van der Waals surface area contributed by atoms with Gasteiger partial charge >= 0.3 is 12.1 Å². The molecule has 0 saturated heterocycles. The van der Waals surface area contributed by atoms with Crippen LogP contribution >= 0.6 is 0 Å². The van der Waals surface area contributed by atoms with Crippen LogP contribution in [0.5, 0.6) is 0 Å². The Hall–Kier alpha value is -1.59. The van der Waals surface area contributed by atoms with Crippen LogP contribution in [0.25, 0.3) is 0 Å². The van der Waals surface area contributed by atoms with Crippen LogP contribution in [0, 0.1) is 5.82 Å². The number of carbonyl (C=O) groups is 1. The summed E-state index contributed by atoms with van der Waals surface area (Å²) in [6.45, 7) is 1.83. The highest BCUT2D eigenvalue weighted by atomic mass is 19.4. The zero-order chi connectivity index (χ0) is 13.8. The van der Waals surface area contributed by atoms with Crippen LogP contribution in [0.15, 0.2) is 18.2 Å². The summed E-state index contributed by atoms with van der Waals surface area (Å²) in [4.78, 5) is 11.0. The molecule has 100 valence electrons. The molecule has 0 atom stereocenters. The fourth-order valence-electron chi connectivity index (χ4n) is 1.44. The van der Waals surface area contributed by atoms with Crippen molar-refractivity contribution in [2.75, 3.05) is 6.61 Å². The van der Waals surface area contributed by atoms with Gasteiger partial charge in [0.2, 0.25) is 0 Å². The van der Waals surface area contributed by atoms with Gasteiger partial charge in [0.15, 0.2) is 0 Å². The number of alkyl halides is 3. The molecule has 0 aliphatic carbocycles. The Balaban J connectivity index is 2.78. The molecule has 1 rings (SSSR count). The molecule has 1 aromatic rings. The molecule has 0 bridgehead atoms. The predicted octanol–water partition coefficient (Wildman–Crippen LogP) is 3.34. The molecule has 0 radical (unpaired) electrons. The summed E-state index contributed by atoms with van der Waals surface area (Å²) in [5, 5.41) is 0. The summed E-state index contributed by atoms with van der Waals surface area (Å²) in [6.07, 6.45) is -4.66. The van der Waals surface area contributed by atoms with Crippen molar-refractivity contribution >= 4 is 5.97 Å². The number of ether oxygens (including phenoxy) is 1. The van der Waals surface area contributed by atoms with Crippen LogP contribution in [0.3, 0.4) is 0 Å². The Morgan fingerprint density at radius 1 is 1.28 bits per heavy atom. The van der Waals surface area contributed by atoms with E-state index in [-0.39, 0.29) is 25.0 Å². The van der Waals surface area contributed by atoms with E-state index in [1.165, 1.54) is 0 Å². The maximum atomic E-state index is 13.0. The lowest BCUT2D eigenvalue weighted by Gasteiger charge is -2.09. The second-order valence-electron chi connectivity index (χ2n) is 3.65. The summed E-state index contributed by atoms with van der Waals surface area (Å²) < 4.78 is 54.9. The van der Waals surface area contributed by atoms with Crippen molar-refractivity contribution < 1.29 is 27.1 Å². The molecule has 1 aromatic carbocycles. The average molecular weight is 264 g/mol. The van der Waals surface area contributed by atoms with Crippen LogP contribution < -0.4 is 0 Å². The van der Waals surface area contributed by atoms with Crippen molar-refractivity contribution in [1.82, 2.24) is 0 Å².